The second-order valence-corrected chi connectivity index (χ2v) is 6.29. The van der Waals surface area contributed by atoms with Crippen LogP contribution >= 0.6 is 11.3 Å². The van der Waals surface area contributed by atoms with E-state index in [4.69, 9.17) is 20.7 Å². The van der Waals surface area contributed by atoms with Gasteiger partial charge in [-0.3, -0.25) is 4.79 Å². The van der Waals surface area contributed by atoms with E-state index in [9.17, 15) is 14.4 Å². The SMILES string of the molecule is CC(C)(C)OC(=O)c1nc(C(=CCC(=O)O)C(=O)O)c(N)s1. The number of aliphatic carboxylic acids is 2. The zero-order chi connectivity index (χ0) is 17.1. The Morgan fingerprint density at radius 1 is 1.32 bits per heavy atom. The number of hydrogen-bond donors (Lipinski definition) is 3. The second kappa shape index (κ2) is 6.56. The molecule has 1 heterocycles. The van der Waals surface area contributed by atoms with Crippen LogP contribution in [0.5, 0.6) is 0 Å². The first-order valence-corrected chi connectivity index (χ1v) is 6.98. The molecule has 0 spiro atoms. The number of hydrogen-bond acceptors (Lipinski definition) is 7. The van der Waals surface area contributed by atoms with Crippen molar-refractivity contribution in [2.75, 3.05) is 5.73 Å². The molecule has 0 atom stereocenters. The highest BCUT2D eigenvalue weighted by Gasteiger charge is 2.25. The molecule has 0 fully saturated rings. The Bertz CT molecular complexity index is 641. The van der Waals surface area contributed by atoms with Crippen LogP contribution in [0.3, 0.4) is 0 Å². The van der Waals surface area contributed by atoms with Gasteiger partial charge in [0.25, 0.3) is 0 Å². The number of ether oxygens (including phenoxy) is 1. The quantitative estimate of drug-likeness (QED) is 0.547. The van der Waals surface area contributed by atoms with Crippen LogP contribution in [0.1, 0.15) is 42.7 Å². The predicted octanol–water partition coefficient (Wildman–Crippen LogP) is 1.62. The third-order valence-electron chi connectivity index (χ3n) is 2.19. The first-order chi connectivity index (χ1) is 10.0. The molecule has 0 saturated heterocycles. The van der Waals surface area contributed by atoms with Crippen molar-refractivity contribution in [3.05, 3.63) is 16.8 Å². The van der Waals surface area contributed by atoms with Crippen LogP contribution in [0, 0.1) is 0 Å². The van der Waals surface area contributed by atoms with Gasteiger partial charge in [-0.25, -0.2) is 14.6 Å². The predicted molar refractivity (Wildman–Crippen MR) is 79.6 cm³/mol. The average molecular weight is 328 g/mol. The topological polar surface area (TPSA) is 140 Å². The lowest BCUT2D eigenvalue weighted by molar-refractivity contribution is -0.136. The van der Waals surface area contributed by atoms with Crippen molar-refractivity contribution in [2.45, 2.75) is 32.8 Å². The minimum atomic E-state index is -1.38. The molecule has 0 radical (unpaired) electrons. The van der Waals surface area contributed by atoms with E-state index in [1.807, 2.05) is 0 Å². The monoisotopic (exact) mass is 328 g/mol. The molecule has 22 heavy (non-hydrogen) atoms. The van der Waals surface area contributed by atoms with Crippen molar-refractivity contribution in [1.29, 1.82) is 0 Å². The normalized spacial score (nSPS) is 12.0. The Kier molecular flexibility index (Phi) is 5.26. The minimum Gasteiger partial charge on any atom is -0.481 e. The molecule has 0 aliphatic carbocycles. The molecular formula is C13H16N2O6S. The third-order valence-corrected chi connectivity index (χ3v) is 3.06. The lowest BCUT2D eigenvalue weighted by atomic mass is 10.1. The van der Waals surface area contributed by atoms with E-state index in [-0.39, 0.29) is 21.3 Å². The summed E-state index contributed by atoms with van der Waals surface area (Å²) >= 11 is 0.784. The fourth-order valence-corrected chi connectivity index (χ4v) is 2.13. The van der Waals surface area contributed by atoms with Gasteiger partial charge in [-0.15, -0.1) is 0 Å². The van der Waals surface area contributed by atoms with Gasteiger partial charge in [0.2, 0.25) is 5.01 Å². The maximum atomic E-state index is 11.9. The summed E-state index contributed by atoms with van der Waals surface area (Å²) in [6, 6.07) is 0. The van der Waals surface area contributed by atoms with Crippen molar-refractivity contribution < 1.29 is 29.3 Å². The van der Waals surface area contributed by atoms with Crippen LogP contribution in [0.4, 0.5) is 5.00 Å². The summed E-state index contributed by atoms with van der Waals surface area (Å²) in [4.78, 5) is 37.5. The Labute approximate surface area is 130 Å². The largest absolute Gasteiger partial charge is 0.481 e. The molecule has 8 nitrogen and oxygen atoms in total. The highest BCUT2D eigenvalue weighted by atomic mass is 32.1. The minimum absolute atomic E-state index is 0.0000945. The highest BCUT2D eigenvalue weighted by Crippen LogP contribution is 2.29. The number of aromatic nitrogens is 1. The average Bonchev–Trinajstić information content (AvgIpc) is 2.69. The Morgan fingerprint density at radius 3 is 2.36 bits per heavy atom. The zero-order valence-electron chi connectivity index (χ0n) is 12.2. The fraction of sp³-hybridized carbons (Fsp3) is 0.385. The van der Waals surface area contributed by atoms with E-state index in [0.29, 0.717) is 0 Å². The van der Waals surface area contributed by atoms with Crippen molar-refractivity contribution in [3.63, 3.8) is 0 Å². The van der Waals surface area contributed by atoms with Gasteiger partial charge in [0.05, 0.1) is 12.0 Å². The van der Waals surface area contributed by atoms with Crippen molar-refractivity contribution in [1.82, 2.24) is 4.98 Å². The summed E-state index contributed by atoms with van der Waals surface area (Å²) in [7, 11) is 0. The standard InChI is InChI=1S/C13H16N2O6S/c1-13(2,3)21-12(20)10-15-8(9(14)22-10)6(11(18)19)4-5-7(16)17/h4H,5,14H2,1-3H3,(H,16,17)(H,18,19). The number of nitrogen functional groups attached to an aromatic ring is 1. The van der Waals surface area contributed by atoms with Gasteiger partial charge < -0.3 is 20.7 Å². The lowest BCUT2D eigenvalue weighted by Crippen LogP contribution is -2.23. The van der Waals surface area contributed by atoms with Gasteiger partial charge in [0, 0.05) is 0 Å². The number of rotatable bonds is 5. The third kappa shape index (κ3) is 4.85. The summed E-state index contributed by atoms with van der Waals surface area (Å²) in [5.41, 5.74) is 4.45. The van der Waals surface area contributed by atoms with E-state index < -0.39 is 29.9 Å². The van der Waals surface area contributed by atoms with Crippen LogP contribution in [-0.4, -0.2) is 38.7 Å². The number of carboxylic acid groups (broad SMARTS) is 2. The van der Waals surface area contributed by atoms with Gasteiger partial charge in [-0.05, 0) is 20.8 Å². The zero-order valence-corrected chi connectivity index (χ0v) is 13.1. The maximum Gasteiger partial charge on any atom is 0.368 e. The number of nitrogens with two attached hydrogens (primary N) is 1. The van der Waals surface area contributed by atoms with Crippen LogP contribution in [0.15, 0.2) is 6.08 Å². The smallest absolute Gasteiger partial charge is 0.368 e. The maximum absolute atomic E-state index is 11.9. The molecule has 1 rings (SSSR count). The number of carbonyl (C=O) groups is 3. The van der Waals surface area contributed by atoms with Gasteiger partial charge in [-0.1, -0.05) is 17.4 Å². The molecule has 4 N–H and O–H groups in total. The molecule has 0 aliphatic rings. The summed E-state index contributed by atoms with van der Waals surface area (Å²) < 4.78 is 5.12. The molecule has 9 heteroatoms. The first kappa shape index (κ1) is 17.6. The number of carbonyl (C=O) groups excluding carboxylic acids is 1. The second-order valence-electron chi connectivity index (χ2n) is 5.25. The summed E-state index contributed by atoms with van der Waals surface area (Å²) in [6.07, 6.45) is 0.481. The van der Waals surface area contributed by atoms with Gasteiger partial charge in [0.15, 0.2) is 0 Å². The van der Waals surface area contributed by atoms with Gasteiger partial charge >= 0.3 is 17.9 Å². The van der Waals surface area contributed by atoms with Crippen molar-refractivity contribution in [2.24, 2.45) is 0 Å². The van der Waals surface area contributed by atoms with E-state index >= 15 is 0 Å². The fourth-order valence-electron chi connectivity index (χ4n) is 1.41. The van der Waals surface area contributed by atoms with Crippen molar-refractivity contribution in [3.8, 4) is 0 Å². The number of carboxylic acids is 2. The molecule has 0 amide bonds. The van der Waals surface area contributed by atoms with Crippen LogP contribution in [0.25, 0.3) is 5.57 Å². The Balaban J connectivity index is 3.15. The van der Waals surface area contributed by atoms with E-state index in [1.54, 1.807) is 20.8 Å². The van der Waals surface area contributed by atoms with Gasteiger partial charge in [0.1, 0.15) is 16.3 Å². The molecule has 0 bridgehead atoms. The molecule has 1 aromatic heterocycles. The lowest BCUT2D eigenvalue weighted by Gasteiger charge is -2.18. The Morgan fingerprint density at radius 2 is 1.91 bits per heavy atom. The molecule has 1 aromatic rings. The van der Waals surface area contributed by atoms with Crippen LogP contribution in [-0.2, 0) is 14.3 Å². The highest BCUT2D eigenvalue weighted by molar-refractivity contribution is 7.17. The summed E-state index contributed by atoms with van der Waals surface area (Å²) in [5, 5.41) is 17.7. The molecule has 0 saturated carbocycles. The number of esters is 1. The first-order valence-electron chi connectivity index (χ1n) is 6.16. The number of thiazole rings is 1. The van der Waals surface area contributed by atoms with E-state index in [2.05, 4.69) is 4.98 Å². The van der Waals surface area contributed by atoms with E-state index in [1.165, 1.54) is 0 Å². The van der Waals surface area contributed by atoms with Crippen molar-refractivity contribution >= 4 is 39.8 Å². The molecular weight excluding hydrogens is 312 g/mol. The summed E-state index contributed by atoms with van der Waals surface area (Å²) in [6.45, 7) is 5.04. The number of anilines is 1. The van der Waals surface area contributed by atoms with Gasteiger partial charge in [-0.2, -0.15) is 0 Å². The molecule has 0 unspecified atom stereocenters. The summed E-state index contributed by atoms with van der Waals surface area (Å²) in [5.74, 6) is -3.30. The van der Waals surface area contributed by atoms with E-state index in [0.717, 1.165) is 17.4 Å². The molecule has 0 aliphatic heterocycles. The Hall–Kier alpha value is -2.42. The van der Waals surface area contributed by atoms with Crippen LogP contribution < -0.4 is 5.73 Å². The molecule has 0 aromatic carbocycles. The number of nitrogens with zero attached hydrogens (tertiary/aromatic N) is 1. The molecule has 120 valence electrons. The van der Waals surface area contributed by atoms with Crippen LogP contribution in [0.2, 0.25) is 0 Å².